The highest BCUT2D eigenvalue weighted by atomic mass is 16.5. The lowest BCUT2D eigenvalue weighted by atomic mass is 9.93. The summed E-state index contributed by atoms with van der Waals surface area (Å²) in [7, 11) is 1.93. The van der Waals surface area contributed by atoms with E-state index in [1.165, 1.54) is 0 Å². The second kappa shape index (κ2) is 9.61. The van der Waals surface area contributed by atoms with Gasteiger partial charge in [0.05, 0.1) is 53.6 Å². The Morgan fingerprint density at radius 3 is 2.51 bits per heavy atom. The number of aromatic nitrogens is 3. The lowest BCUT2D eigenvalue weighted by molar-refractivity contribution is 0.0622. The van der Waals surface area contributed by atoms with Crippen LogP contribution in [0.15, 0.2) is 91.5 Å². The zero-order valence-electron chi connectivity index (χ0n) is 19.1. The van der Waals surface area contributed by atoms with Crippen LogP contribution in [-0.4, -0.2) is 14.5 Å². The second-order valence-electron chi connectivity index (χ2n) is 8.23. The first-order valence-corrected chi connectivity index (χ1v) is 11.1. The number of aryl methyl sites for hydroxylation is 1. The van der Waals surface area contributed by atoms with Crippen LogP contribution in [0.2, 0.25) is 0 Å². The van der Waals surface area contributed by atoms with E-state index in [1.54, 1.807) is 30.9 Å². The fourth-order valence-corrected chi connectivity index (χ4v) is 4.19. The Morgan fingerprint density at radius 2 is 1.77 bits per heavy atom. The van der Waals surface area contributed by atoms with E-state index >= 15 is 0 Å². The van der Waals surface area contributed by atoms with Gasteiger partial charge in [-0.05, 0) is 41.5 Å². The zero-order valence-corrected chi connectivity index (χ0v) is 19.1. The number of nitrogens with zero attached hydrogens (tertiary/aromatic N) is 5. The van der Waals surface area contributed by atoms with Crippen LogP contribution in [0.25, 0.3) is 22.0 Å². The molecule has 0 radical (unpaired) electrons. The van der Waals surface area contributed by atoms with Gasteiger partial charge >= 0.3 is 0 Å². The van der Waals surface area contributed by atoms with Crippen molar-refractivity contribution in [2.24, 2.45) is 7.05 Å². The highest BCUT2D eigenvalue weighted by molar-refractivity contribution is 5.95. The van der Waals surface area contributed by atoms with Gasteiger partial charge in [-0.1, -0.05) is 42.5 Å². The predicted octanol–water partition coefficient (Wildman–Crippen LogP) is 5.68. The molecule has 0 unspecified atom stereocenters. The summed E-state index contributed by atoms with van der Waals surface area (Å²) in [6.07, 6.45) is 4.89. The van der Waals surface area contributed by atoms with Crippen molar-refractivity contribution >= 4 is 10.9 Å². The van der Waals surface area contributed by atoms with Crippen molar-refractivity contribution in [3.63, 3.8) is 0 Å². The van der Waals surface area contributed by atoms with E-state index in [-0.39, 0.29) is 0 Å². The molecule has 168 valence electrons. The second-order valence-corrected chi connectivity index (χ2v) is 8.23. The molecule has 0 aliphatic rings. The van der Waals surface area contributed by atoms with Gasteiger partial charge in [-0.2, -0.15) is 10.5 Å². The normalized spacial score (nSPS) is 11.6. The van der Waals surface area contributed by atoms with Gasteiger partial charge in [-0.3, -0.25) is 4.98 Å². The van der Waals surface area contributed by atoms with Gasteiger partial charge in [-0.25, -0.2) is 4.98 Å². The summed E-state index contributed by atoms with van der Waals surface area (Å²) in [6, 6.07) is 27.5. The smallest absolute Gasteiger partial charge is 0.124 e. The molecule has 1 atom stereocenters. The van der Waals surface area contributed by atoms with E-state index in [1.807, 2.05) is 72.3 Å². The van der Waals surface area contributed by atoms with E-state index in [2.05, 4.69) is 22.1 Å². The maximum atomic E-state index is 9.87. The fraction of sp³-hybridized carbons (Fsp3) is 0.103. The van der Waals surface area contributed by atoms with E-state index in [0.717, 1.165) is 38.9 Å². The van der Waals surface area contributed by atoms with Crippen LogP contribution in [0, 0.1) is 22.7 Å². The first kappa shape index (κ1) is 22.0. The number of benzene rings is 3. The summed E-state index contributed by atoms with van der Waals surface area (Å²) in [4.78, 5) is 8.87. The van der Waals surface area contributed by atoms with Crippen molar-refractivity contribution in [3.8, 4) is 23.3 Å². The Hall–Kier alpha value is -4.78. The van der Waals surface area contributed by atoms with Crippen molar-refractivity contribution in [1.29, 1.82) is 10.5 Å². The molecule has 6 nitrogen and oxygen atoms in total. The number of pyridine rings is 1. The topological polar surface area (TPSA) is 87.5 Å². The quantitative estimate of drug-likeness (QED) is 0.328. The van der Waals surface area contributed by atoms with Crippen LogP contribution in [-0.2, 0) is 18.4 Å². The number of ether oxygens (including phenoxy) is 1. The molecule has 5 aromatic rings. The van der Waals surface area contributed by atoms with Gasteiger partial charge in [-0.15, -0.1) is 0 Å². The summed E-state index contributed by atoms with van der Waals surface area (Å²) in [6.45, 7) is 0.354. The molecule has 0 amide bonds. The Labute approximate surface area is 203 Å². The number of hydrogen-bond acceptors (Lipinski definition) is 5. The lowest BCUT2D eigenvalue weighted by Crippen LogP contribution is -2.11. The van der Waals surface area contributed by atoms with Crippen molar-refractivity contribution in [3.05, 3.63) is 119 Å². The highest BCUT2D eigenvalue weighted by Gasteiger charge is 2.21. The lowest BCUT2D eigenvalue weighted by Gasteiger charge is -2.20. The minimum absolute atomic E-state index is 0.354. The fourth-order valence-electron chi connectivity index (χ4n) is 4.19. The third-order valence-electron chi connectivity index (χ3n) is 6.01. The molecule has 0 saturated carbocycles. The molecule has 5 rings (SSSR count). The third kappa shape index (κ3) is 4.39. The third-order valence-corrected chi connectivity index (χ3v) is 6.01. The van der Waals surface area contributed by atoms with Crippen molar-refractivity contribution in [1.82, 2.24) is 14.5 Å². The predicted molar refractivity (Wildman–Crippen MR) is 133 cm³/mol. The molecule has 0 fully saturated rings. The molecule has 0 spiro atoms. The molecule has 3 aromatic carbocycles. The van der Waals surface area contributed by atoms with Crippen LogP contribution >= 0.6 is 0 Å². The first-order chi connectivity index (χ1) is 17.2. The standard InChI is InChI=1S/C29H21N5O/c1-34-19-32-17-27(34)29(35-18-21-9-7-20(15-30)8-10-21)23-11-12-24(16-31)26(14-23)25-6-2-4-22-5-3-13-33-28(22)25/h2-14,17,19,29H,18H2,1H3/t29-/m1/s1. The van der Waals surface area contributed by atoms with Gasteiger partial charge in [0.15, 0.2) is 0 Å². The van der Waals surface area contributed by atoms with Crippen molar-refractivity contribution in [2.45, 2.75) is 12.7 Å². The number of para-hydroxylation sites is 1. The minimum Gasteiger partial charge on any atom is -0.363 e. The van der Waals surface area contributed by atoms with Gasteiger partial charge in [0.25, 0.3) is 0 Å². The molecular formula is C29H21N5O. The number of fused-ring (bicyclic) bond motifs is 1. The molecule has 0 bridgehead atoms. The van der Waals surface area contributed by atoms with E-state index in [9.17, 15) is 5.26 Å². The van der Waals surface area contributed by atoms with Crippen LogP contribution in [0.1, 0.15) is 34.1 Å². The van der Waals surface area contributed by atoms with Crippen molar-refractivity contribution < 1.29 is 4.74 Å². The van der Waals surface area contributed by atoms with Gasteiger partial charge in [0.2, 0.25) is 0 Å². The Bertz CT molecular complexity index is 1580. The number of rotatable bonds is 6. The Kier molecular flexibility index (Phi) is 6.05. The Balaban J connectivity index is 1.58. The summed E-state index contributed by atoms with van der Waals surface area (Å²) in [5.74, 6) is 0. The van der Waals surface area contributed by atoms with E-state index in [0.29, 0.717) is 17.7 Å². The van der Waals surface area contributed by atoms with Gasteiger partial charge < -0.3 is 9.30 Å². The molecule has 6 heteroatoms. The molecular weight excluding hydrogens is 434 g/mol. The maximum absolute atomic E-state index is 9.87. The van der Waals surface area contributed by atoms with E-state index < -0.39 is 6.10 Å². The largest absolute Gasteiger partial charge is 0.363 e. The van der Waals surface area contributed by atoms with Gasteiger partial charge in [0, 0.05) is 29.8 Å². The van der Waals surface area contributed by atoms with Gasteiger partial charge in [0.1, 0.15) is 6.10 Å². The maximum Gasteiger partial charge on any atom is 0.124 e. The molecule has 0 saturated heterocycles. The number of hydrogen-bond donors (Lipinski definition) is 0. The van der Waals surface area contributed by atoms with E-state index in [4.69, 9.17) is 10.00 Å². The SMILES string of the molecule is Cn1cncc1[C@H](OCc1ccc(C#N)cc1)c1ccc(C#N)c(-c2cccc3cccnc23)c1. The average molecular weight is 456 g/mol. The van der Waals surface area contributed by atoms with Crippen LogP contribution in [0.5, 0.6) is 0 Å². The van der Waals surface area contributed by atoms with Crippen LogP contribution < -0.4 is 0 Å². The summed E-state index contributed by atoms with van der Waals surface area (Å²) in [5.41, 5.74) is 6.50. The average Bonchev–Trinajstić information content (AvgIpc) is 3.34. The Morgan fingerprint density at radius 1 is 0.943 bits per heavy atom. The highest BCUT2D eigenvalue weighted by Crippen LogP contribution is 2.34. The summed E-state index contributed by atoms with van der Waals surface area (Å²) in [5, 5.41) is 19.9. The summed E-state index contributed by atoms with van der Waals surface area (Å²) < 4.78 is 8.35. The van der Waals surface area contributed by atoms with Crippen LogP contribution in [0.3, 0.4) is 0 Å². The molecule has 0 N–H and O–H groups in total. The first-order valence-electron chi connectivity index (χ1n) is 11.1. The number of nitriles is 2. The number of imidazole rings is 1. The summed E-state index contributed by atoms with van der Waals surface area (Å²) >= 11 is 0. The molecule has 2 aromatic heterocycles. The van der Waals surface area contributed by atoms with Crippen LogP contribution in [0.4, 0.5) is 0 Å². The molecule has 0 aliphatic heterocycles. The molecule has 35 heavy (non-hydrogen) atoms. The molecule has 2 heterocycles. The molecule has 0 aliphatic carbocycles. The zero-order chi connectivity index (χ0) is 24.2. The minimum atomic E-state index is -0.410. The monoisotopic (exact) mass is 455 g/mol. The van der Waals surface area contributed by atoms with Crippen molar-refractivity contribution in [2.75, 3.05) is 0 Å².